The second-order valence-electron chi connectivity index (χ2n) is 9.11. The maximum absolute atomic E-state index is 13.2. The van der Waals surface area contributed by atoms with Crippen molar-refractivity contribution in [2.24, 2.45) is 0 Å². The standard InChI is InChI=1S/C29H29ClN4O2/c1-19(2)33(28(36)23-10-8-20(3)9-11-23)18-27(35)32-29-31-26(22-12-14-24(30)15-13-22)17-34(29)25-7-5-6-21(4)16-25/h5-17,19H,18H2,1-4H3,(H,31,32,35). The van der Waals surface area contributed by atoms with Crippen molar-refractivity contribution < 1.29 is 9.59 Å². The Morgan fingerprint density at radius 1 is 0.972 bits per heavy atom. The van der Waals surface area contributed by atoms with E-state index >= 15 is 0 Å². The lowest BCUT2D eigenvalue weighted by atomic mass is 10.1. The van der Waals surface area contributed by atoms with Gasteiger partial charge in [-0.15, -0.1) is 0 Å². The topological polar surface area (TPSA) is 67.2 Å². The molecule has 184 valence electrons. The number of amides is 2. The Morgan fingerprint density at radius 2 is 1.67 bits per heavy atom. The van der Waals surface area contributed by atoms with Gasteiger partial charge in [0.25, 0.3) is 5.91 Å². The predicted molar refractivity (Wildman–Crippen MR) is 145 cm³/mol. The fourth-order valence-electron chi connectivity index (χ4n) is 3.87. The van der Waals surface area contributed by atoms with E-state index in [1.165, 1.54) is 0 Å². The molecule has 0 fully saturated rings. The molecule has 0 saturated heterocycles. The van der Waals surface area contributed by atoms with E-state index in [-0.39, 0.29) is 24.4 Å². The Kier molecular flexibility index (Phi) is 7.55. The summed E-state index contributed by atoms with van der Waals surface area (Å²) >= 11 is 6.05. The SMILES string of the molecule is Cc1ccc(C(=O)N(CC(=O)Nc2nc(-c3ccc(Cl)cc3)cn2-c2cccc(C)c2)C(C)C)cc1. The van der Waals surface area contributed by atoms with Gasteiger partial charge in [-0.25, -0.2) is 4.98 Å². The van der Waals surface area contributed by atoms with Crippen molar-refractivity contribution in [1.29, 1.82) is 0 Å². The van der Waals surface area contributed by atoms with Gasteiger partial charge < -0.3 is 4.90 Å². The molecular weight excluding hydrogens is 472 g/mol. The third-order valence-corrected chi connectivity index (χ3v) is 6.13. The van der Waals surface area contributed by atoms with Crippen molar-refractivity contribution in [2.45, 2.75) is 33.7 Å². The lowest BCUT2D eigenvalue weighted by molar-refractivity contribution is -0.117. The molecule has 0 bridgehead atoms. The van der Waals surface area contributed by atoms with E-state index in [0.717, 1.165) is 22.4 Å². The second-order valence-corrected chi connectivity index (χ2v) is 9.54. The maximum Gasteiger partial charge on any atom is 0.254 e. The quantitative estimate of drug-likeness (QED) is 0.324. The second kappa shape index (κ2) is 10.8. The van der Waals surface area contributed by atoms with Crippen LogP contribution in [0.5, 0.6) is 0 Å². The Hall–Kier alpha value is -3.90. The number of aryl methyl sites for hydroxylation is 2. The smallest absolute Gasteiger partial charge is 0.254 e. The number of nitrogens with one attached hydrogen (secondary N) is 1. The molecule has 1 N–H and O–H groups in total. The van der Waals surface area contributed by atoms with Crippen molar-refractivity contribution in [2.75, 3.05) is 11.9 Å². The van der Waals surface area contributed by atoms with Crippen LogP contribution in [0.15, 0.2) is 79.0 Å². The summed E-state index contributed by atoms with van der Waals surface area (Å²) in [4.78, 5) is 32.6. The molecule has 0 spiro atoms. The van der Waals surface area contributed by atoms with E-state index in [0.29, 0.717) is 22.2 Å². The first-order valence-electron chi connectivity index (χ1n) is 11.8. The highest BCUT2D eigenvalue weighted by atomic mass is 35.5. The number of carbonyl (C=O) groups excluding carboxylic acids is 2. The zero-order valence-corrected chi connectivity index (χ0v) is 21.6. The van der Waals surface area contributed by atoms with Gasteiger partial charge in [0.2, 0.25) is 11.9 Å². The van der Waals surface area contributed by atoms with Crippen LogP contribution in [0.2, 0.25) is 5.02 Å². The molecule has 4 aromatic rings. The largest absolute Gasteiger partial charge is 0.327 e. The van der Waals surface area contributed by atoms with E-state index in [2.05, 4.69) is 5.32 Å². The summed E-state index contributed by atoms with van der Waals surface area (Å²) in [5, 5.41) is 3.56. The number of anilines is 1. The molecule has 0 unspecified atom stereocenters. The van der Waals surface area contributed by atoms with Gasteiger partial charge in [0.05, 0.1) is 5.69 Å². The van der Waals surface area contributed by atoms with Crippen LogP contribution in [0.1, 0.15) is 35.3 Å². The van der Waals surface area contributed by atoms with Gasteiger partial charge in [0.15, 0.2) is 0 Å². The number of hydrogen-bond donors (Lipinski definition) is 1. The molecule has 0 aliphatic heterocycles. The van der Waals surface area contributed by atoms with E-state index in [1.54, 1.807) is 29.2 Å². The molecule has 0 aliphatic carbocycles. The fourth-order valence-corrected chi connectivity index (χ4v) is 4.00. The average molecular weight is 501 g/mol. The molecule has 36 heavy (non-hydrogen) atoms. The number of nitrogens with zero attached hydrogens (tertiary/aromatic N) is 3. The number of carbonyl (C=O) groups is 2. The summed E-state index contributed by atoms with van der Waals surface area (Å²) in [6, 6.07) is 22.5. The van der Waals surface area contributed by atoms with Crippen LogP contribution < -0.4 is 5.32 Å². The van der Waals surface area contributed by atoms with Crippen LogP contribution in [0.4, 0.5) is 5.95 Å². The summed E-state index contributed by atoms with van der Waals surface area (Å²) in [6.45, 7) is 7.67. The van der Waals surface area contributed by atoms with Crippen molar-refractivity contribution in [3.8, 4) is 16.9 Å². The third-order valence-electron chi connectivity index (χ3n) is 5.87. The number of rotatable bonds is 7. The molecule has 2 amide bonds. The molecule has 1 aromatic heterocycles. The molecule has 0 radical (unpaired) electrons. The normalized spacial score (nSPS) is 10.9. The van der Waals surface area contributed by atoms with E-state index in [9.17, 15) is 9.59 Å². The number of hydrogen-bond acceptors (Lipinski definition) is 3. The first kappa shape index (κ1) is 25.2. The summed E-state index contributed by atoms with van der Waals surface area (Å²) in [7, 11) is 0. The van der Waals surface area contributed by atoms with Crippen LogP contribution in [-0.2, 0) is 4.79 Å². The first-order chi connectivity index (χ1) is 17.2. The zero-order valence-electron chi connectivity index (χ0n) is 20.8. The minimum atomic E-state index is -0.327. The van der Waals surface area contributed by atoms with Crippen molar-refractivity contribution in [1.82, 2.24) is 14.5 Å². The molecular formula is C29H29ClN4O2. The monoisotopic (exact) mass is 500 g/mol. The van der Waals surface area contributed by atoms with E-state index < -0.39 is 0 Å². The van der Waals surface area contributed by atoms with Crippen LogP contribution in [0.25, 0.3) is 16.9 Å². The van der Waals surface area contributed by atoms with Gasteiger partial charge in [-0.2, -0.15) is 0 Å². The van der Waals surface area contributed by atoms with Crippen molar-refractivity contribution >= 4 is 29.4 Å². The molecule has 0 atom stereocenters. The summed E-state index contributed by atoms with van der Waals surface area (Å²) in [6.07, 6.45) is 1.88. The molecule has 4 rings (SSSR count). The number of benzene rings is 3. The molecule has 6 nitrogen and oxygen atoms in total. The lowest BCUT2D eigenvalue weighted by Gasteiger charge is -2.26. The van der Waals surface area contributed by atoms with Gasteiger partial charge in [-0.3, -0.25) is 19.5 Å². The molecule has 1 heterocycles. The highest BCUT2D eigenvalue weighted by Gasteiger charge is 2.23. The summed E-state index contributed by atoms with van der Waals surface area (Å²) in [5.74, 6) is -0.141. The number of aromatic nitrogens is 2. The zero-order chi connectivity index (χ0) is 25.8. The molecule has 3 aromatic carbocycles. The average Bonchev–Trinajstić information content (AvgIpc) is 3.26. The Morgan fingerprint density at radius 3 is 2.31 bits per heavy atom. The van der Waals surface area contributed by atoms with Gasteiger partial charge in [0.1, 0.15) is 6.54 Å². The molecule has 0 saturated carbocycles. The number of imidazole rings is 1. The highest BCUT2D eigenvalue weighted by molar-refractivity contribution is 6.30. The highest BCUT2D eigenvalue weighted by Crippen LogP contribution is 2.26. The van der Waals surface area contributed by atoms with Crippen LogP contribution in [0.3, 0.4) is 0 Å². The first-order valence-corrected chi connectivity index (χ1v) is 12.2. The van der Waals surface area contributed by atoms with Crippen molar-refractivity contribution in [3.05, 3.63) is 101 Å². The Balaban J connectivity index is 1.62. The van der Waals surface area contributed by atoms with Gasteiger partial charge >= 0.3 is 0 Å². The van der Waals surface area contributed by atoms with Gasteiger partial charge in [-0.05, 0) is 69.7 Å². The predicted octanol–water partition coefficient (Wildman–Crippen LogP) is 6.30. The summed E-state index contributed by atoms with van der Waals surface area (Å²) in [5.41, 5.74) is 5.14. The minimum Gasteiger partial charge on any atom is -0.327 e. The van der Waals surface area contributed by atoms with Gasteiger partial charge in [0, 0.05) is 34.1 Å². The van der Waals surface area contributed by atoms with E-state index in [1.807, 2.05) is 87.0 Å². The Labute approximate surface area is 216 Å². The van der Waals surface area contributed by atoms with Crippen LogP contribution >= 0.6 is 11.6 Å². The van der Waals surface area contributed by atoms with Crippen molar-refractivity contribution in [3.63, 3.8) is 0 Å². The van der Waals surface area contributed by atoms with Crippen LogP contribution in [-0.4, -0.2) is 38.9 Å². The third kappa shape index (κ3) is 5.83. The van der Waals surface area contributed by atoms with E-state index in [4.69, 9.17) is 16.6 Å². The molecule has 0 aliphatic rings. The minimum absolute atomic E-state index is 0.0959. The number of halogens is 1. The fraction of sp³-hybridized carbons (Fsp3) is 0.207. The lowest BCUT2D eigenvalue weighted by Crippen LogP contribution is -2.42. The van der Waals surface area contributed by atoms with Gasteiger partial charge in [-0.1, -0.05) is 53.6 Å². The Bertz CT molecular complexity index is 1380. The maximum atomic E-state index is 13.2. The molecule has 7 heteroatoms. The summed E-state index contributed by atoms with van der Waals surface area (Å²) < 4.78 is 1.84. The van der Waals surface area contributed by atoms with Crippen LogP contribution in [0, 0.1) is 13.8 Å².